The van der Waals surface area contributed by atoms with Crippen LogP contribution < -0.4 is 10.5 Å². The Morgan fingerprint density at radius 1 is 1.10 bits per heavy atom. The molecule has 106 valence electrons. The molecule has 2 heterocycles. The molecule has 2 N–H and O–H groups in total. The Morgan fingerprint density at radius 3 is 2.71 bits per heavy atom. The summed E-state index contributed by atoms with van der Waals surface area (Å²) in [6.07, 6.45) is 4.41. The highest BCUT2D eigenvalue weighted by atomic mass is 16.5. The maximum atomic E-state index is 5.88. The first kappa shape index (κ1) is 13.3. The number of anilines is 1. The second-order valence-electron chi connectivity index (χ2n) is 4.74. The van der Waals surface area contributed by atoms with Crippen LogP contribution in [0.4, 0.5) is 5.82 Å². The van der Waals surface area contributed by atoms with E-state index in [1.807, 2.05) is 30.3 Å². The molecule has 0 aliphatic rings. The van der Waals surface area contributed by atoms with Crippen LogP contribution in [-0.4, -0.2) is 21.8 Å². The summed E-state index contributed by atoms with van der Waals surface area (Å²) in [5, 5.41) is 10.1. The number of nitrogens with zero attached hydrogens (tertiary/aromatic N) is 3. The first-order valence-electron chi connectivity index (χ1n) is 6.88. The van der Waals surface area contributed by atoms with E-state index in [0.29, 0.717) is 12.4 Å². The Bertz CT molecular complexity index is 773. The van der Waals surface area contributed by atoms with E-state index in [9.17, 15) is 0 Å². The third-order valence-electron chi connectivity index (χ3n) is 3.18. The lowest BCUT2D eigenvalue weighted by molar-refractivity contribution is 0.316. The van der Waals surface area contributed by atoms with Crippen molar-refractivity contribution in [2.45, 2.75) is 13.3 Å². The summed E-state index contributed by atoms with van der Waals surface area (Å²) >= 11 is 0. The van der Waals surface area contributed by atoms with Gasteiger partial charge in [0, 0.05) is 22.5 Å². The zero-order chi connectivity index (χ0) is 14.7. The summed E-state index contributed by atoms with van der Waals surface area (Å²) in [4.78, 5) is 4.22. The number of pyridine rings is 1. The van der Waals surface area contributed by atoms with Crippen LogP contribution in [0.15, 0.2) is 42.7 Å². The van der Waals surface area contributed by atoms with Gasteiger partial charge in [0.15, 0.2) is 5.82 Å². The number of nitrogens with two attached hydrogens (primary N) is 1. The van der Waals surface area contributed by atoms with Gasteiger partial charge in [-0.15, -0.1) is 10.2 Å². The Labute approximate surface area is 122 Å². The molecule has 2 aromatic heterocycles. The standard InChI is InChI=1S/C16H16N4O/c1-2-7-21-12-8-11(9-18-10-12)15-13-5-3-4-6-14(13)16(17)20-19-15/h3-6,8-10H,2,7H2,1H3,(H2,17,20). The maximum absolute atomic E-state index is 5.88. The molecule has 0 atom stereocenters. The van der Waals surface area contributed by atoms with Crippen molar-refractivity contribution < 1.29 is 4.74 Å². The van der Waals surface area contributed by atoms with E-state index < -0.39 is 0 Å². The van der Waals surface area contributed by atoms with E-state index in [0.717, 1.165) is 34.2 Å². The number of nitrogen functional groups attached to an aromatic ring is 1. The quantitative estimate of drug-likeness (QED) is 0.795. The van der Waals surface area contributed by atoms with Gasteiger partial charge in [0.2, 0.25) is 0 Å². The van der Waals surface area contributed by atoms with Gasteiger partial charge in [-0.25, -0.2) is 0 Å². The number of ether oxygens (including phenoxy) is 1. The number of hydrogen-bond acceptors (Lipinski definition) is 5. The van der Waals surface area contributed by atoms with E-state index in [1.165, 1.54) is 0 Å². The fourth-order valence-electron chi connectivity index (χ4n) is 2.18. The van der Waals surface area contributed by atoms with Gasteiger partial charge in [-0.3, -0.25) is 4.98 Å². The Hall–Kier alpha value is -2.69. The molecule has 0 unspecified atom stereocenters. The average molecular weight is 280 g/mol. The highest BCUT2D eigenvalue weighted by Crippen LogP contribution is 2.29. The third-order valence-corrected chi connectivity index (χ3v) is 3.18. The molecule has 0 aliphatic carbocycles. The predicted octanol–water partition coefficient (Wildman–Crippen LogP) is 3.06. The summed E-state index contributed by atoms with van der Waals surface area (Å²) in [5.41, 5.74) is 7.51. The predicted molar refractivity (Wildman–Crippen MR) is 83.0 cm³/mol. The SMILES string of the molecule is CCCOc1cncc(-c2nnc(N)c3ccccc23)c1. The van der Waals surface area contributed by atoms with Crippen molar-refractivity contribution in [3.63, 3.8) is 0 Å². The van der Waals surface area contributed by atoms with Gasteiger partial charge in [0.1, 0.15) is 11.4 Å². The number of hydrogen-bond donors (Lipinski definition) is 1. The van der Waals surface area contributed by atoms with Crippen LogP contribution in [0.3, 0.4) is 0 Å². The van der Waals surface area contributed by atoms with Gasteiger partial charge in [-0.05, 0) is 12.5 Å². The van der Waals surface area contributed by atoms with Crippen molar-refractivity contribution in [1.82, 2.24) is 15.2 Å². The lowest BCUT2D eigenvalue weighted by Crippen LogP contribution is -1.99. The number of aromatic nitrogens is 3. The van der Waals surface area contributed by atoms with Gasteiger partial charge in [-0.1, -0.05) is 31.2 Å². The van der Waals surface area contributed by atoms with Crippen molar-refractivity contribution in [2.24, 2.45) is 0 Å². The summed E-state index contributed by atoms with van der Waals surface area (Å²) in [5.74, 6) is 1.16. The maximum Gasteiger partial charge on any atom is 0.154 e. The molecule has 1 aromatic carbocycles. The topological polar surface area (TPSA) is 73.9 Å². The third kappa shape index (κ3) is 2.63. The fraction of sp³-hybridized carbons (Fsp3) is 0.188. The molecule has 0 saturated carbocycles. The molecule has 21 heavy (non-hydrogen) atoms. The number of benzene rings is 1. The van der Waals surface area contributed by atoms with E-state index >= 15 is 0 Å². The Balaban J connectivity index is 2.10. The van der Waals surface area contributed by atoms with Crippen molar-refractivity contribution in [1.29, 1.82) is 0 Å². The fourth-order valence-corrected chi connectivity index (χ4v) is 2.18. The van der Waals surface area contributed by atoms with Crippen LogP contribution >= 0.6 is 0 Å². The van der Waals surface area contributed by atoms with E-state index in [2.05, 4.69) is 22.1 Å². The van der Waals surface area contributed by atoms with Gasteiger partial charge in [0.25, 0.3) is 0 Å². The minimum absolute atomic E-state index is 0.431. The van der Waals surface area contributed by atoms with Crippen molar-refractivity contribution in [2.75, 3.05) is 12.3 Å². The zero-order valence-corrected chi connectivity index (χ0v) is 11.8. The van der Waals surface area contributed by atoms with Gasteiger partial charge in [-0.2, -0.15) is 0 Å². The van der Waals surface area contributed by atoms with Crippen molar-refractivity contribution in [3.8, 4) is 17.0 Å². The molecule has 0 bridgehead atoms. The lowest BCUT2D eigenvalue weighted by atomic mass is 10.1. The van der Waals surface area contributed by atoms with Gasteiger partial charge in [0.05, 0.1) is 12.8 Å². The molecule has 0 aliphatic heterocycles. The van der Waals surface area contributed by atoms with Crippen LogP contribution in [-0.2, 0) is 0 Å². The largest absolute Gasteiger partial charge is 0.492 e. The molecular formula is C16H16N4O. The smallest absolute Gasteiger partial charge is 0.154 e. The zero-order valence-electron chi connectivity index (χ0n) is 11.8. The first-order valence-corrected chi connectivity index (χ1v) is 6.88. The molecule has 0 amide bonds. The van der Waals surface area contributed by atoms with Crippen LogP contribution in [0.5, 0.6) is 5.75 Å². The second kappa shape index (κ2) is 5.75. The van der Waals surface area contributed by atoms with Gasteiger partial charge >= 0.3 is 0 Å². The second-order valence-corrected chi connectivity index (χ2v) is 4.74. The van der Waals surface area contributed by atoms with Gasteiger partial charge < -0.3 is 10.5 Å². The molecule has 0 fully saturated rings. The number of fused-ring (bicyclic) bond motifs is 1. The summed E-state index contributed by atoms with van der Waals surface area (Å²) in [6, 6.07) is 9.74. The molecule has 0 spiro atoms. The average Bonchev–Trinajstić information content (AvgIpc) is 2.54. The van der Waals surface area contributed by atoms with E-state index in [-0.39, 0.29) is 0 Å². The highest BCUT2D eigenvalue weighted by molar-refractivity contribution is 5.99. The first-order chi connectivity index (χ1) is 10.3. The number of rotatable bonds is 4. The van der Waals surface area contributed by atoms with E-state index in [4.69, 9.17) is 10.5 Å². The normalized spacial score (nSPS) is 10.7. The molecule has 5 nitrogen and oxygen atoms in total. The summed E-state index contributed by atoms with van der Waals surface area (Å²) in [6.45, 7) is 2.73. The summed E-state index contributed by atoms with van der Waals surface area (Å²) in [7, 11) is 0. The van der Waals surface area contributed by atoms with Crippen molar-refractivity contribution >= 4 is 16.6 Å². The monoisotopic (exact) mass is 280 g/mol. The molecule has 3 rings (SSSR count). The van der Waals surface area contributed by atoms with Crippen molar-refractivity contribution in [3.05, 3.63) is 42.7 Å². The lowest BCUT2D eigenvalue weighted by Gasteiger charge is -2.08. The minimum Gasteiger partial charge on any atom is -0.492 e. The highest BCUT2D eigenvalue weighted by Gasteiger charge is 2.10. The molecule has 0 radical (unpaired) electrons. The Kier molecular flexibility index (Phi) is 3.64. The molecular weight excluding hydrogens is 264 g/mol. The van der Waals surface area contributed by atoms with Crippen LogP contribution in [0.25, 0.3) is 22.0 Å². The minimum atomic E-state index is 0.431. The molecule has 5 heteroatoms. The van der Waals surface area contributed by atoms with Crippen LogP contribution in [0.2, 0.25) is 0 Å². The molecule has 3 aromatic rings. The van der Waals surface area contributed by atoms with E-state index in [1.54, 1.807) is 12.4 Å². The molecule has 0 saturated heterocycles. The Morgan fingerprint density at radius 2 is 1.90 bits per heavy atom. The summed E-state index contributed by atoms with van der Waals surface area (Å²) < 4.78 is 5.62. The van der Waals surface area contributed by atoms with Crippen LogP contribution in [0.1, 0.15) is 13.3 Å². The van der Waals surface area contributed by atoms with Crippen LogP contribution in [0, 0.1) is 0 Å².